The van der Waals surface area contributed by atoms with Crippen LogP contribution >= 0.6 is 0 Å². The second-order valence-corrected chi connectivity index (χ2v) is 7.75. The van der Waals surface area contributed by atoms with E-state index in [-0.39, 0.29) is 17.0 Å². The quantitative estimate of drug-likeness (QED) is 0.347. The molecule has 1 aliphatic rings. The number of fused-ring (bicyclic) bond motifs is 2. The molecule has 0 saturated carbocycles. The summed E-state index contributed by atoms with van der Waals surface area (Å²) in [6, 6.07) is 4.45. The van der Waals surface area contributed by atoms with Gasteiger partial charge in [-0.05, 0) is 37.6 Å². The second kappa shape index (κ2) is 7.18. The second-order valence-electron chi connectivity index (χ2n) is 7.75. The van der Waals surface area contributed by atoms with E-state index in [9.17, 15) is 22.4 Å². The van der Waals surface area contributed by atoms with E-state index in [4.69, 9.17) is 0 Å². The van der Waals surface area contributed by atoms with Gasteiger partial charge in [-0.2, -0.15) is 10.2 Å². The van der Waals surface area contributed by atoms with E-state index in [0.717, 1.165) is 23.9 Å². The molecule has 3 aromatic heterocycles. The van der Waals surface area contributed by atoms with Crippen molar-refractivity contribution in [1.29, 1.82) is 0 Å². The molecule has 164 valence electrons. The van der Waals surface area contributed by atoms with Crippen molar-refractivity contribution >= 4 is 11.4 Å². The van der Waals surface area contributed by atoms with Crippen molar-refractivity contribution in [3.63, 3.8) is 0 Å². The molecule has 0 radical (unpaired) electrons. The van der Waals surface area contributed by atoms with Crippen molar-refractivity contribution < 1.29 is 22.4 Å². The van der Waals surface area contributed by atoms with E-state index in [1.54, 1.807) is 24.9 Å². The molecule has 0 bridgehead atoms. The van der Waals surface area contributed by atoms with E-state index in [2.05, 4.69) is 10.2 Å². The Hall–Kier alpha value is -3.69. The molecule has 0 unspecified atom stereocenters. The monoisotopic (exact) mass is 443 g/mol. The normalized spacial score (nSPS) is 15.9. The van der Waals surface area contributed by atoms with Crippen LogP contribution in [0.1, 0.15) is 34.6 Å². The molecule has 0 spiro atoms. The lowest BCUT2D eigenvalue weighted by Gasteiger charge is -2.33. The molecule has 4 heterocycles. The van der Waals surface area contributed by atoms with Crippen LogP contribution in [-0.2, 0) is 13.5 Å². The predicted octanol–water partition coefficient (Wildman–Crippen LogP) is 4.05. The van der Waals surface area contributed by atoms with Gasteiger partial charge < -0.3 is 4.90 Å². The molecule has 1 atom stereocenters. The van der Waals surface area contributed by atoms with Crippen molar-refractivity contribution in [2.45, 2.75) is 19.4 Å². The zero-order valence-electron chi connectivity index (χ0n) is 17.1. The largest absolute Gasteiger partial charge is 0.330 e. The topological polar surface area (TPSA) is 55.4 Å². The zero-order chi connectivity index (χ0) is 22.7. The fourth-order valence-corrected chi connectivity index (χ4v) is 4.32. The van der Waals surface area contributed by atoms with Gasteiger partial charge in [0.15, 0.2) is 23.3 Å². The lowest BCUT2D eigenvalue weighted by atomic mass is 9.95. The van der Waals surface area contributed by atoms with Crippen molar-refractivity contribution in [2.24, 2.45) is 7.05 Å². The lowest BCUT2D eigenvalue weighted by molar-refractivity contribution is 0.0673. The summed E-state index contributed by atoms with van der Waals surface area (Å²) in [6.45, 7) is 2.13. The number of hydrogen-bond acceptors (Lipinski definition) is 3. The van der Waals surface area contributed by atoms with E-state index in [0.29, 0.717) is 29.9 Å². The summed E-state index contributed by atoms with van der Waals surface area (Å²) in [6.07, 6.45) is 2.98. The van der Waals surface area contributed by atoms with Crippen LogP contribution in [0.25, 0.3) is 16.8 Å². The van der Waals surface area contributed by atoms with Crippen LogP contribution in [0.2, 0.25) is 0 Å². The van der Waals surface area contributed by atoms with Crippen LogP contribution in [0, 0.1) is 23.3 Å². The Morgan fingerprint density at radius 2 is 1.81 bits per heavy atom. The van der Waals surface area contributed by atoms with Gasteiger partial charge in [-0.1, -0.05) is 0 Å². The first kappa shape index (κ1) is 20.2. The van der Waals surface area contributed by atoms with E-state index < -0.39 is 29.3 Å². The summed E-state index contributed by atoms with van der Waals surface area (Å²) in [5, 5.41) is 8.34. The highest BCUT2D eigenvalue weighted by Gasteiger charge is 2.34. The van der Waals surface area contributed by atoms with Crippen molar-refractivity contribution in [3.8, 4) is 11.3 Å². The molecule has 1 aromatic carbocycles. The molecule has 5 rings (SSSR count). The van der Waals surface area contributed by atoms with Crippen LogP contribution in [0.5, 0.6) is 0 Å². The maximum atomic E-state index is 13.9. The van der Waals surface area contributed by atoms with Gasteiger partial charge in [0, 0.05) is 36.5 Å². The Morgan fingerprint density at radius 3 is 2.53 bits per heavy atom. The summed E-state index contributed by atoms with van der Waals surface area (Å²) in [4.78, 5) is 14.8. The number of benzene rings is 1. The number of carbonyl (C=O) groups excluding carboxylic acids is 1. The summed E-state index contributed by atoms with van der Waals surface area (Å²) in [5.41, 5.74) is 2.48. The van der Waals surface area contributed by atoms with Crippen molar-refractivity contribution in [1.82, 2.24) is 24.3 Å². The highest BCUT2D eigenvalue weighted by atomic mass is 19.2. The number of halogens is 4. The predicted molar refractivity (Wildman–Crippen MR) is 107 cm³/mol. The minimum atomic E-state index is -1.53. The van der Waals surface area contributed by atoms with Gasteiger partial charge >= 0.3 is 0 Å². The average Bonchev–Trinajstić information content (AvgIpc) is 3.31. The number of hydrogen-bond donors (Lipinski definition) is 0. The summed E-state index contributed by atoms with van der Waals surface area (Å²) >= 11 is 0. The summed E-state index contributed by atoms with van der Waals surface area (Å²) < 4.78 is 57.8. The van der Waals surface area contributed by atoms with Gasteiger partial charge in [-0.15, -0.1) is 0 Å². The third-order valence-electron chi connectivity index (χ3n) is 5.88. The van der Waals surface area contributed by atoms with Crippen LogP contribution in [-0.4, -0.2) is 36.7 Å². The van der Waals surface area contributed by atoms with Gasteiger partial charge in [0.1, 0.15) is 5.52 Å². The number of carbonyl (C=O) groups is 1. The van der Waals surface area contributed by atoms with Gasteiger partial charge in [-0.25, -0.2) is 22.1 Å². The number of amides is 1. The van der Waals surface area contributed by atoms with E-state index >= 15 is 0 Å². The van der Waals surface area contributed by atoms with E-state index in [1.165, 1.54) is 21.5 Å². The molecule has 0 N–H and O–H groups in total. The third-order valence-corrected chi connectivity index (χ3v) is 5.88. The molecule has 1 aliphatic heterocycles. The molecule has 10 heteroatoms. The molecule has 0 aliphatic carbocycles. The summed E-state index contributed by atoms with van der Waals surface area (Å²) in [7, 11) is 1.63. The Bertz CT molecular complexity index is 1370. The lowest BCUT2D eigenvalue weighted by Crippen LogP contribution is -2.39. The maximum absolute atomic E-state index is 13.9. The number of pyridine rings is 1. The molecule has 32 heavy (non-hydrogen) atoms. The van der Waals surface area contributed by atoms with Crippen LogP contribution in [0.3, 0.4) is 0 Å². The first-order valence-electron chi connectivity index (χ1n) is 9.90. The SMILES string of the molecule is C[C@H]1c2nn(C)c(-c3cc(F)c(F)c(F)c3)c2CCN1C(=O)c1ccn2ncc(F)c2c1. The molecule has 1 amide bonds. The Balaban J connectivity index is 1.51. The Morgan fingerprint density at radius 1 is 1.09 bits per heavy atom. The Kier molecular flexibility index (Phi) is 4.54. The first-order chi connectivity index (χ1) is 15.3. The molecular formula is C22H17F4N5O. The highest BCUT2D eigenvalue weighted by Crippen LogP contribution is 2.36. The fraction of sp³-hybridized carbons (Fsp3) is 0.227. The van der Waals surface area contributed by atoms with Crippen LogP contribution in [0.15, 0.2) is 36.7 Å². The molecule has 6 nitrogen and oxygen atoms in total. The van der Waals surface area contributed by atoms with Crippen LogP contribution in [0.4, 0.5) is 17.6 Å². The minimum absolute atomic E-state index is 0.172. The maximum Gasteiger partial charge on any atom is 0.254 e. The van der Waals surface area contributed by atoms with Gasteiger partial charge in [0.25, 0.3) is 5.91 Å². The molecule has 0 fully saturated rings. The smallest absolute Gasteiger partial charge is 0.254 e. The fourth-order valence-electron chi connectivity index (χ4n) is 4.32. The van der Waals surface area contributed by atoms with Crippen molar-refractivity contribution in [3.05, 3.63) is 76.7 Å². The minimum Gasteiger partial charge on any atom is -0.330 e. The first-order valence-corrected chi connectivity index (χ1v) is 9.90. The summed E-state index contributed by atoms with van der Waals surface area (Å²) in [5.74, 6) is -4.91. The number of nitrogens with zero attached hydrogens (tertiary/aromatic N) is 5. The third kappa shape index (κ3) is 2.97. The Labute approximate surface area is 179 Å². The standard InChI is InChI=1S/C22H17F4N5O/c1-11-20-14(21(29(2)28-20)13-7-15(23)19(26)16(24)8-13)4-5-30(11)22(32)12-3-6-31-18(9-12)17(25)10-27-31/h3,6-11H,4-5H2,1-2H3/t11-/m0/s1. The van der Waals surface area contributed by atoms with Gasteiger partial charge in [0.05, 0.1) is 23.6 Å². The van der Waals surface area contributed by atoms with Gasteiger partial charge in [-0.3, -0.25) is 9.48 Å². The van der Waals surface area contributed by atoms with Crippen LogP contribution < -0.4 is 0 Å². The molecular weight excluding hydrogens is 426 g/mol. The molecule has 0 saturated heterocycles. The zero-order valence-corrected chi connectivity index (χ0v) is 17.1. The number of aryl methyl sites for hydroxylation is 1. The number of rotatable bonds is 2. The van der Waals surface area contributed by atoms with E-state index in [1.807, 2.05) is 0 Å². The average molecular weight is 443 g/mol. The highest BCUT2D eigenvalue weighted by molar-refractivity contribution is 5.95. The van der Waals surface area contributed by atoms with Gasteiger partial charge in [0.2, 0.25) is 0 Å². The number of aromatic nitrogens is 4. The van der Waals surface area contributed by atoms with Crippen molar-refractivity contribution in [2.75, 3.05) is 6.54 Å². The molecule has 4 aromatic rings.